The Morgan fingerprint density at radius 2 is 2.00 bits per heavy atom. The van der Waals surface area contributed by atoms with Gasteiger partial charge in [-0.3, -0.25) is 9.35 Å². The van der Waals surface area contributed by atoms with Crippen LogP contribution in [0.2, 0.25) is 0 Å². The topological polar surface area (TPSA) is 101 Å². The number of fused-ring (bicyclic) bond motifs is 3. The number of allylic oxidation sites excluding steroid dienone is 4. The average molecular weight is 441 g/mol. The van der Waals surface area contributed by atoms with Crippen molar-refractivity contribution in [3.05, 3.63) is 23.3 Å². The Morgan fingerprint density at radius 1 is 1.30 bits per heavy atom. The van der Waals surface area contributed by atoms with Crippen LogP contribution >= 0.6 is 0 Å². The van der Waals surface area contributed by atoms with Gasteiger partial charge in [-0.05, 0) is 67.8 Å². The molecule has 3 aliphatic rings. The molecule has 0 radical (unpaired) electrons. The molecule has 0 bridgehead atoms. The highest BCUT2D eigenvalue weighted by Gasteiger charge is 2.57. The van der Waals surface area contributed by atoms with E-state index >= 15 is 0 Å². The molecule has 0 spiro atoms. The third kappa shape index (κ3) is 4.53. The van der Waals surface area contributed by atoms with Crippen molar-refractivity contribution in [1.82, 2.24) is 0 Å². The zero-order valence-electron chi connectivity index (χ0n) is 18.6. The van der Waals surface area contributed by atoms with Crippen molar-refractivity contribution in [2.24, 2.45) is 28.6 Å². The first-order chi connectivity index (χ1) is 13.9. The molecule has 30 heavy (non-hydrogen) atoms. The van der Waals surface area contributed by atoms with Crippen molar-refractivity contribution in [2.45, 2.75) is 72.3 Å². The van der Waals surface area contributed by atoms with Crippen molar-refractivity contribution in [3.63, 3.8) is 0 Å². The van der Waals surface area contributed by atoms with Crippen molar-refractivity contribution in [3.8, 4) is 0 Å². The summed E-state index contributed by atoms with van der Waals surface area (Å²) in [5, 5.41) is 9.79. The van der Waals surface area contributed by atoms with Gasteiger partial charge in [0.15, 0.2) is 0 Å². The summed E-state index contributed by atoms with van der Waals surface area (Å²) < 4.78 is 36.1. The first-order valence-electron chi connectivity index (χ1n) is 11.1. The second-order valence-electron chi connectivity index (χ2n) is 10.2. The molecule has 2 N–H and O–H groups in total. The van der Waals surface area contributed by atoms with E-state index in [1.807, 2.05) is 6.92 Å². The quantitative estimate of drug-likeness (QED) is 0.480. The van der Waals surface area contributed by atoms with Crippen LogP contribution in [-0.4, -0.2) is 42.5 Å². The second-order valence-corrected chi connectivity index (χ2v) is 11.7. The van der Waals surface area contributed by atoms with Crippen LogP contribution < -0.4 is 0 Å². The summed E-state index contributed by atoms with van der Waals surface area (Å²) in [7, 11) is -4.32. The molecule has 1 saturated carbocycles. The molecule has 170 valence electrons. The van der Waals surface area contributed by atoms with Crippen molar-refractivity contribution >= 4 is 16.1 Å². The van der Waals surface area contributed by atoms with Gasteiger partial charge in [0.1, 0.15) is 18.5 Å². The van der Waals surface area contributed by atoms with E-state index in [2.05, 4.69) is 32.9 Å². The third-order valence-electron chi connectivity index (χ3n) is 7.86. The maximum Gasteiger partial charge on any atom is 0.312 e. The Kier molecular flexibility index (Phi) is 6.57. The first-order valence-corrected chi connectivity index (χ1v) is 12.7. The molecule has 0 saturated heterocycles. The molecule has 1 fully saturated rings. The van der Waals surface area contributed by atoms with Crippen LogP contribution in [0, 0.1) is 28.6 Å². The lowest BCUT2D eigenvalue weighted by atomic mass is 9.47. The van der Waals surface area contributed by atoms with E-state index in [0.717, 1.165) is 38.5 Å². The number of carbonyl (C=O) groups is 1. The summed E-state index contributed by atoms with van der Waals surface area (Å²) in [4.78, 5) is 13.1. The monoisotopic (exact) mass is 440 g/mol. The van der Waals surface area contributed by atoms with E-state index in [-0.39, 0.29) is 17.3 Å². The zero-order valence-corrected chi connectivity index (χ0v) is 19.4. The fraction of sp³-hybridized carbons (Fsp3) is 0.783. The number of carbonyl (C=O) groups excluding carboxylic acids is 1. The lowest BCUT2D eigenvalue weighted by Crippen LogP contribution is -2.53. The Morgan fingerprint density at radius 3 is 2.63 bits per heavy atom. The predicted molar refractivity (Wildman–Crippen MR) is 115 cm³/mol. The Labute approximate surface area is 180 Å². The van der Waals surface area contributed by atoms with E-state index in [1.54, 1.807) is 0 Å². The summed E-state index contributed by atoms with van der Waals surface area (Å²) in [5.74, 6) is -0.0716. The number of rotatable bonds is 6. The highest BCUT2D eigenvalue weighted by molar-refractivity contribution is 7.85. The minimum Gasteiger partial charge on any atom is -0.462 e. The molecule has 0 aromatic rings. The maximum atomic E-state index is 13.1. The minimum atomic E-state index is -4.32. The summed E-state index contributed by atoms with van der Waals surface area (Å²) in [5.41, 5.74) is 2.27. The predicted octanol–water partition coefficient (Wildman–Crippen LogP) is 3.91. The molecule has 3 aliphatic carbocycles. The van der Waals surface area contributed by atoms with Crippen LogP contribution in [0.3, 0.4) is 0 Å². The molecule has 0 aliphatic heterocycles. The van der Waals surface area contributed by atoms with Crippen LogP contribution in [0.5, 0.6) is 0 Å². The van der Waals surface area contributed by atoms with Gasteiger partial charge in [0.25, 0.3) is 10.1 Å². The highest BCUT2D eigenvalue weighted by atomic mass is 32.2. The molecule has 5 atom stereocenters. The van der Waals surface area contributed by atoms with E-state index in [1.165, 1.54) is 11.1 Å². The van der Waals surface area contributed by atoms with Gasteiger partial charge in [0, 0.05) is 0 Å². The highest BCUT2D eigenvalue weighted by Crippen LogP contribution is 2.62. The van der Waals surface area contributed by atoms with E-state index in [9.17, 15) is 18.3 Å². The fourth-order valence-corrected chi connectivity index (χ4v) is 6.80. The van der Waals surface area contributed by atoms with Crippen molar-refractivity contribution in [2.75, 3.05) is 12.4 Å². The summed E-state index contributed by atoms with van der Waals surface area (Å²) in [6, 6.07) is 0. The zero-order chi connectivity index (χ0) is 22.3. The van der Waals surface area contributed by atoms with Crippen molar-refractivity contribution < 1.29 is 27.6 Å². The van der Waals surface area contributed by atoms with Crippen LogP contribution in [0.1, 0.15) is 66.2 Å². The Balaban J connectivity index is 1.79. The molecule has 7 heteroatoms. The second kappa shape index (κ2) is 8.40. The Hall–Kier alpha value is -1.18. The number of hydrogen-bond acceptors (Lipinski definition) is 5. The van der Waals surface area contributed by atoms with Gasteiger partial charge in [-0.2, -0.15) is 8.42 Å². The molecule has 3 unspecified atom stereocenters. The maximum absolute atomic E-state index is 13.1. The number of aliphatic hydroxyl groups is 1. The minimum absolute atomic E-state index is 0.0160. The fourth-order valence-electron chi connectivity index (χ4n) is 6.22. The summed E-state index contributed by atoms with van der Waals surface area (Å²) in [6.45, 7) is 8.34. The number of esters is 1. The molecule has 0 aromatic heterocycles. The molecule has 3 rings (SSSR count). The lowest BCUT2D eigenvalue weighted by Gasteiger charge is -2.57. The number of ether oxygens (including phenoxy) is 1. The van der Waals surface area contributed by atoms with E-state index in [0.29, 0.717) is 11.8 Å². The SMILES string of the molecule is CC(C)C1=CC2=CCC3[C@](C)(CCC[C@@]3(C)C(=O)OCC(O)CS(=O)(=O)O)C2CC1. The summed E-state index contributed by atoms with van der Waals surface area (Å²) >= 11 is 0. The van der Waals surface area contributed by atoms with E-state index < -0.39 is 34.0 Å². The summed E-state index contributed by atoms with van der Waals surface area (Å²) in [6.07, 6.45) is 9.05. The van der Waals surface area contributed by atoms with Gasteiger partial charge in [0.05, 0.1) is 5.41 Å². The van der Waals surface area contributed by atoms with Gasteiger partial charge in [-0.1, -0.05) is 44.9 Å². The molecular weight excluding hydrogens is 404 g/mol. The molecule has 0 amide bonds. The lowest BCUT2D eigenvalue weighted by molar-refractivity contribution is -0.171. The van der Waals surface area contributed by atoms with Gasteiger partial charge < -0.3 is 9.84 Å². The largest absolute Gasteiger partial charge is 0.462 e. The van der Waals surface area contributed by atoms with E-state index in [4.69, 9.17) is 9.29 Å². The van der Waals surface area contributed by atoms with Crippen LogP contribution in [0.15, 0.2) is 23.3 Å². The van der Waals surface area contributed by atoms with Crippen LogP contribution in [0.25, 0.3) is 0 Å². The van der Waals surface area contributed by atoms with Crippen molar-refractivity contribution in [1.29, 1.82) is 0 Å². The van der Waals surface area contributed by atoms with Crippen LogP contribution in [0.4, 0.5) is 0 Å². The van der Waals surface area contributed by atoms with Gasteiger partial charge >= 0.3 is 5.97 Å². The Bertz CT molecular complexity index is 842. The average Bonchev–Trinajstić information content (AvgIpc) is 2.64. The molecule has 0 aromatic carbocycles. The van der Waals surface area contributed by atoms with Gasteiger partial charge in [-0.25, -0.2) is 0 Å². The smallest absolute Gasteiger partial charge is 0.312 e. The number of hydrogen-bond donors (Lipinski definition) is 2. The first kappa shape index (κ1) is 23.5. The molecule has 0 heterocycles. The number of aliphatic hydroxyl groups excluding tert-OH is 1. The molecule has 6 nitrogen and oxygen atoms in total. The standard InChI is InChI=1S/C23H36O6S/c1-15(2)16-6-8-19-17(12-16)7-9-20-22(19,3)10-5-11-23(20,4)21(25)29-13-18(24)14-30(26,27)28/h7,12,15,18-20,24H,5-6,8-11,13-14H2,1-4H3,(H,26,27,28)/t18?,19?,20?,22-,23-/m1/s1. The van der Waals surface area contributed by atoms with Gasteiger partial charge in [0.2, 0.25) is 0 Å². The molecular formula is C23H36O6S. The van der Waals surface area contributed by atoms with Crippen LogP contribution in [-0.2, 0) is 19.6 Å². The normalized spacial score (nSPS) is 35.0. The van der Waals surface area contributed by atoms with Gasteiger partial charge in [-0.15, -0.1) is 0 Å². The third-order valence-corrected chi connectivity index (χ3v) is 8.66.